The van der Waals surface area contributed by atoms with Crippen molar-refractivity contribution >= 4 is 35.0 Å². The van der Waals surface area contributed by atoms with E-state index in [1.807, 2.05) is 30.3 Å². The third-order valence-electron chi connectivity index (χ3n) is 4.11. The summed E-state index contributed by atoms with van der Waals surface area (Å²) in [5, 5.41) is 5.19. The standard InChI is InChI=1S/C20H18Cl2N4O2/c21-16-7-6-15(12-17(16)22)26-11-8-18(24-26)20(28)25(10-9-19(23)27)13-14-4-2-1-3-5-14/h1-8,11-12H,9-10,13H2,(H2,23,27). The van der Waals surface area contributed by atoms with Crippen molar-refractivity contribution in [3.8, 4) is 5.69 Å². The van der Waals surface area contributed by atoms with E-state index in [1.165, 1.54) is 0 Å². The number of carbonyl (C=O) groups excluding carboxylic acids is 2. The molecule has 0 bridgehead atoms. The van der Waals surface area contributed by atoms with Crippen LogP contribution < -0.4 is 5.73 Å². The highest BCUT2D eigenvalue weighted by Crippen LogP contribution is 2.24. The SMILES string of the molecule is NC(=O)CCN(Cc1ccccc1)C(=O)c1ccn(-c2ccc(Cl)c(Cl)c2)n1. The van der Waals surface area contributed by atoms with Crippen molar-refractivity contribution in [1.29, 1.82) is 0 Å². The van der Waals surface area contributed by atoms with Crippen LogP contribution in [0.3, 0.4) is 0 Å². The molecule has 28 heavy (non-hydrogen) atoms. The van der Waals surface area contributed by atoms with E-state index in [1.54, 1.807) is 40.0 Å². The van der Waals surface area contributed by atoms with Crippen LogP contribution in [0.25, 0.3) is 5.69 Å². The zero-order valence-corrected chi connectivity index (χ0v) is 16.4. The van der Waals surface area contributed by atoms with Crippen LogP contribution in [0.15, 0.2) is 60.8 Å². The molecule has 8 heteroatoms. The first-order valence-electron chi connectivity index (χ1n) is 8.56. The number of aromatic nitrogens is 2. The van der Waals surface area contributed by atoms with E-state index in [2.05, 4.69) is 5.10 Å². The number of nitrogens with zero attached hydrogens (tertiary/aromatic N) is 3. The summed E-state index contributed by atoms with van der Waals surface area (Å²) in [4.78, 5) is 25.7. The van der Waals surface area contributed by atoms with Gasteiger partial charge in [-0.3, -0.25) is 9.59 Å². The minimum Gasteiger partial charge on any atom is -0.370 e. The molecule has 1 heterocycles. The van der Waals surface area contributed by atoms with E-state index in [0.29, 0.717) is 22.3 Å². The Kier molecular flexibility index (Phi) is 6.34. The molecule has 0 atom stereocenters. The van der Waals surface area contributed by atoms with E-state index in [4.69, 9.17) is 28.9 Å². The molecule has 3 aromatic rings. The summed E-state index contributed by atoms with van der Waals surface area (Å²) in [5.41, 5.74) is 7.14. The number of benzene rings is 2. The molecular formula is C20H18Cl2N4O2. The molecule has 0 fully saturated rings. The average Bonchev–Trinajstić information content (AvgIpc) is 3.17. The fourth-order valence-electron chi connectivity index (χ4n) is 2.67. The Hall–Kier alpha value is -2.83. The van der Waals surface area contributed by atoms with Gasteiger partial charge >= 0.3 is 0 Å². The molecule has 1 aromatic heterocycles. The minimum atomic E-state index is -0.466. The molecule has 0 saturated heterocycles. The zero-order valence-electron chi connectivity index (χ0n) is 14.9. The fraction of sp³-hybridized carbons (Fsp3) is 0.150. The number of halogens is 2. The molecule has 0 spiro atoms. The van der Waals surface area contributed by atoms with Gasteiger partial charge in [-0.25, -0.2) is 4.68 Å². The normalized spacial score (nSPS) is 10.6. The Labute approximate surface area is 172 Å². The van der Waals surface area contributed by atoms with Crippen molar-refractivity contribution in [2.24, 2.45) is 5.73 Å². The van der Waals surface area contributed by atoms with Crippen molar-refractivity contribution in [1.82, 2.24) is 14.7 Å². The summed E-state index contributed by atoms with van der Waals surface area (Å²) >= 11 is 12.0. The van der Waals surface area contributed by atoms with Crippen LogP contribution in [-0.4, -0.2) is 33.0 Å². The van der Waals surface area contributed by atoms with Crippen molar-refractivity contribution in [3.63, 3.8) is 0 Å². The Bertz CT molecular complexity index is 989. The van der Waals surface area contributed by atoms with Gasteiger partial charge in [0.25, 0.3) is 5.91 Å². The van der Waals surface area contributed by atoms with Gasteiger partial charge in [-0.15, -0.1) is 0 Å². The number of carbonyl (C=O) groups is 2. The van der Waals surface area contributed by atoms with Crippen LogP contribution in [0.2, 0.25) is 10.0 Å². The lowest BCUT2D eigenvalue weighted by Crippen LogP contribution is -2.34. The molecule has 0 aliphatic heterocycles. The molecule has 2 N–H and O–H groups in total. The Morgan fingerprint density at radius 2 is 1.79 bits per heavy atom. The number of rotatable bonds is 7. The first kappa shape index (κ1) is 19.9. The van der Waals surface area contributed by atoms with Crippen LogP contribution in [0.4, 0.5) is 0 Å². The molecule has 144 valence electrons. The maximum Gasteiger partial charge on any atom is 0.274 e. The van der Waals surface area contributed by atoms with Crippen LogP contribution in [0.1, 0.15) is 22.5 Å². The smallest absolute Gasteiger partial charge is 0.274 e. The van der Waals surface area contributed by atoms with Crippen molar-refractivity contribution in [2.45, 2.75) is 13.0 Å². The summed E-state index contributed by atoms with van der Waals surface area (Å²) in [6.45, 7) is 0.565. The molecule has 3 rings (SSSR count). The molecule has 0 aliphatic carbocycles. The summed E-state index contributed by atoms with van der Waals surface area (Å²) in [5.74, 6) is -0.754. The van der Waals surface area contributed by atoms with E-state index < -0.39 is 5.91 Å². The van der Waals surface area contributed by atoms with Crippen molar-refractivity contribution < 1.29 is 9.59 Å². The summed E-state index contributed by atoms with van der Waals surface area (Å²) in [6, 6.07) is 16.2. The van der Waals surface area contributed by atoms with Crippen LogP contribution in [0.5, 0.6) is 0 Å². The third-order valence-corrected chi connectivity index (χ3v) is 4.85. The fourth-order valence-corrected chi connectivity index (χ4v) is 2.97. The van der Waals surface area contributed by atoms with Gasteiger partial charge in [0, 0.05) is 25.7 Å². The lowest BCUT2D eigenvalue weighted by molar-refractivity contribution is -0.118. The van der Waals surface area contributed by atoms with E-state index >= 15 is 0 Å². The van der Waals surface area contributed by atoms with Gasteiger partial charge in [-0.2, -0.15) is 5.10 Å². The minimum absolute atomic E-state index is 0.0755. The lowest BCUT2D eigenvalue weighted by atomic mass is 10.2. The highest BCUT2D eigenvalue weighted by molar-refractivity contribution is 6.42. The van der Waals surface area contributed by atoms with Gasteiger partial charge in [-0.05, 0) is 29.8 Å². The summed E-state index contributed by atoms with van der Waals surface area (Å²) in [7, 11) is 0. The molecule has 0 unspecified atom stereocenters. The Balaban J connectivity index is 1.82. The number of amides is 2. The predicted octanol–water partition coefficient (Wildman–Crippen LogP) is 3.70. The van der Waals surface area contributed by atoms with Gasteiger partial charge < -0.3 is 10.6 Å². The monoisotopic (exact) mass is 416 g/mol. The highest BCUT2D eigenvalue weighted by atomic mass is 35.5. The second kappa shape index (κ2) is 8.91. The number of hydrogen-bond acceptors (Lipinski definition) is 3. The van der Waals surface area contributed by atoms with Gasteiger partial charge in [0.15, 0.2) is 5.69 Å². The average molecular weight is 417 g/mol. The zero-order chi connectivity index (χ0) is 20.1. The summed E-state index contributed by atoms with van der Waals surface area (Å²) < 4.78 is 1.55. The number of nitrogens with two attached hydrogens (primary N) is 1. The number of primary amides is 1. The van der Waals surface area contributed by atoms with Gasteiger partial charge in [0.05, 0.1) is 15.7 Å². The Morgan fingerprint density at radius 1 is 1.04 bits per heavy atom. The highest BCUT2D eigenvalue weighted by Gasteiger charge is 2.19. The van der Waals surface area contributed by atoms with E-state index in [-0.39, 0.29) is 24.6 Å². The second-order valence-electron chi connectivity index (χ2n) is 6.17. The van der Waals surface area contributed by atoms with Crippen LogP contribution in [-0.2, 0) is 11.3 Å². The van der Waals surface area contributed by atoms with Gasteiger partial charge in [0.2, 0.25) is 5.91 Å². The lowest BCUT2D eigenvalue weighted by Gasteiger charge is -2.21. The topological polar surface area (TPSA) is 81.2 Å². The molecular weight excluding hydrogens is 399 g/mol. The van der Waals surface area contributed by atoms with Gasteiger partial charge in [-0.1, -0.05) is 53.5 Å². The molecule has 2 aromatic carbocycles. The van der Waals surface area contributed by atoms with E-state index in [9.17, 15) is 9.59 Å². The first-order chi connectivity index (χ1) is 13.4. The van der Waals surface area contributed by atoms with Crippen molar-refractivity contribution in [2.75, 3.05) is 6.54 Å². The molecule has 2 amide bonds. The molecule has 0 aliphatic rings. The number of hydrogen-bond donors (Lipinski definition) is 1. The van der Waals surface area contributed by atoms with Crippen LogP contribution >= 0.6 is 23.2 Å². The molecule has 0 radical (unpaired) electrons. The molecule has 0 saturated carbocycles. The molecule has 6 nitrogen and oxygen atoms in total. The maximum absolute atomic E-state index is 13.0. The maximum atomic E-state index is 13.0. The third kappa shape index (κ3) is 4.91. The second-order valence-corrected chi connectivity index (χ2v) is 6.99. The van der Waals surface area contributed by atoms with E-state index in [0.717, 1.165) is 5.56 Å². The largest absolute Gasteiger partial charge is 0.370 e. The van der Waals surface area contributed by atoms with Gasteiger partial charge in [0.1, 0.15) is 0 Å². The predicted molar refractivity (Wildman–Crippen MR) is 109 cm³/mol. The first-order valence-corrected chi connectivity index (χ1v) is 9.32. The quantitative estimate of drug-likeness (QED) is 0.637. The Morgan fingerprint density at radius 3 is 2.46 bits per heavy atom. The van der Waals surface area contributed by atoms with Crippen molar-refractivity contribution in [3.05, 3.63) is 82.1 Å². The summed E-state index contributed by atoms with van der Waals surface area (Å²) in [6.07, 6.45) is 1.74. The van der Waals surface area contributed by atoms with Crippen LogP contribution in [0, 0.1) is 0 Å².